The number of fused-ring (bicyclic) bond motifs is 1. The number of benzene rings is 2. The van der Waals surface area contributed by atoms with Gasteiger partial charge in [-0.05, 0) is 18.2 Å². The molecule has 0 radical (unpaired) electrons. The summed E-state index contributed by atoms with van der Waals surface area (Å²) in [6.07, 6.45) is 0. The predicted octanol–water partition coefficient (Wildman–Crippen LogP) is 3.32. The molecule has 4 nitrogen and oxygen atoms in total. The van der Waals surface area contributed by atoms with Gasteiger partial charge in [0.25, 0.3) is 0 Å². The number of halogens is 1. The Balaban J connectivity index is 2.38. The lowest BCUT2D eigenvalue weighted by atomic mass is 10.1. The van der Waals surface area contributed by atoms with E-state index in [1.54, 1.807) is 13.2 Å². The Morgan fingerprint density at radius 3 is 2.67 bits per heavy atom. The van der Waals surface area contributed by atoms with Crippen LogP contribution < -0.4 is 5.69 Å². The lowest BCUT2D eigenvalue weighted by molar-refractivity contribution is 0.131. The highest BCUT2D eigenvalue weighted by Gasteiger charge is 2.12. The highest BCUT2D eigenvalue weighted by molar-refractivity contribution is 6.31. The molecule has 0 amide bonds. The van der Waals surface area contributed by atoms with Crippen molar-refractivity contribution in [1.82, 2.24) is 9.55 Å². The van der Waals surface area contributed by atoms with Crippen molar-refractivity contribution in [1.29, 1.82) is 0 Å². The SMILES string of the molecule is COCn1c(=O)nc(-c2ccccc2)c2cc(Cl)ccc21. The summed E-state index contributed by atoms with van der Waals surface area (Å²) in [7, 11) is 1.54. The molecule has 2 aromatic carbocycles. The Kier molecular flexibility index (Phi) is 3.73. The maximum atomic E-state index is 12.2. The van der Waals surface area contributed by atoms with Crippen LogP contribution >= 0.6 is 11.6 Å². The summed E-state index contributed by atoms with van der Waals surface area (Å²) in [6, 6.07) is 15.0. The summed E-state index contributed by atoms with van der Waals surface area (Å²) in [5.41, 5.74) is 1.92. The molecule has 0 spiro atoms. The summed E-state index contributed by atoms with van der Waals surface area (Å²) in [6.45, 7) is 0.152. The molecule has 0 saturated heterocycles. The van der Waals surface area contributed by atoms with Crippen LogP contribution in [0.2, 0.25) is 5.02 Å². The second kappa shape index (κ2) is 5.68. The van der Waals surface area contributed by atoms with E-state index in [2.05, 4.69) is 4.98 Å². The van der Waals surface area contributed by atoms with E-state index in [4.69, 9.17) is 16.3 Å². The fourth-order valence-electron chi connectivity index (χ4n) is 2.32. The average Bonchev–Trinajstić information content (AvgIpc) is 2.51. The van der Waals surface area contributed by atoms with Crippen molar-refractivity contribution in [2.45, 2.75) is 6.73 Å². The first-order valence-corrected chi connectivity index (χ1v) is 6.83. The van der Waals surface area contributed by atoms with Crippen LogP contribution in [0.4, 0.5) is 0 Å². The van der Waals surface area contributed by atoms with Gasteiger partial charge in [-0.2, -0.15) is 4.98 Å². The second-order valence-electron chi connectivity index (χ2n) is 4.62. The van der Waals surface area contributed by atoms with Crippen molar-refractivity contribution in [2.75, 3.05) is 7.11 Å². The van der Waals surface area contributed by atoms with Gasteiger partial charge in [0.1, 0.15) is 6.73 Å². The first-order chi connectivity index (χ1) is 10.2. The molecule has 0 unspecified atom stereocenters. The third-order valence-electron chi connectivity index (χ3n) is 3.25. The van der Waals surface area contributed by atoms with Crippen molar-refractivity contribution in [3.63, 3.8) is 0 Å². The van der Waals surface area contributed by atoms with Gasteiger partial charge in [-0.3, -0.25) is 4.57 Å². The van der Waals surface area contributed by atoms with Crippen molar-refractivity contribution in [3.05, 3.63) is 64.0 Å². The minimum atomic E-state index is -0.342. The highest BCUT2D eigenvalue weighted by Crippen LogP contribution is 2.27. The van der Waals surface area contributed by atoms with Crippen LogP contribution in [0.5, 0.6) is 0 Å². The zero-order valence-corrected chi connectivity index (χ0v) is 12.2. The Labute approximate surface area is 126 Å². The summed E-state index contributed by atoms with van der Waals surface area (Å²) in [5.74, 6) is 0. The summed E-state index contributed by atoms with van der Waals surface area (Å²) < 4.78 is 6.57. The molecule has 0 bridgehead atoms. The highest BCUT2D eigenvalue weighted by atomic mass is 35.5. The van der Waals surface area contributed by atoms with E-state index in [9.17, 15) is 4.79 Å². The van der Waals surface area contributed by atoms with Gasteiger partial charge in [0.05, 0.1) is 11.2 Å². The first-order valence-electron chi connectivity index (χ1n) is 6.45. The molecular formula is C16H13ClN2O2. The van der Waals surface area contributed by atoms with E-state index in [0.29, 0.717) is 10.7 Å². The third-order valence-corrected chi connectivity index (χ3v) is 3.48. The smallest absolute Gasteiger partial charge is 0.350 e. The van der Waals surface area contributed by atoms with Gasteiger partial charge in [0.15, 0.2) is 0 Å². The monoisotopic (exact) mass is 300 g/mol. The lowest BCUT2D eigenvalue weighted by Gasteiger charge is -2.12. The van der Waals surface area contributed by atoms with E-state index >= 15 is 0 Å². The normalized spacial score (nSPS) is 11.0. The van der Waals surface area contributed by atoms with Gasteiger partial charge in [-0.25, -0.2) is 4.79 Å². The van der Waals surface area contributed by atoms with Crippen LogP contribution in [0.1, 0.15) is 0 Å². The standard InChI is InChI=1S/C16H13ClN2O2/c1-21-10-19-14-8-7-12(17)9-13(14)15(18-16(19)20)11-5-3-2-4-6-11/h2-9H,10H2,1H3. The van der Waals surface area contributed by atoms with Crippen molar-refractivity contribution < 1.29 is 4.74 Å². The molecule has 3 rings (SSSR count). The number of hydrogen-bond acceptors (Lipinski definition) is 3. The van der Waals surface area contributed by atoms with Crippen molar-refractivity contribution >= 4 is 22.5 Å². The molecule has 0 fully saturated rings. The van der Waals surface area contributed by atoms with Gasteiger partial charge >= 0.3 is 5.69 Å². The molecule has 0 atom stereocenters. The fourth-order valence-corrected chi connectivity index (χ4v) is 2.49. The van der Waals surface area contributed by atoms with Crippen LogP contribution in [0.15, 0.2) is 53.3 Å². The predicted molar refractivity (Wildman–Crippen MR) is 83.5 cm³/mol. The molecule has 0 aliphatic heterocycles. The average molecular weight is 301 g/mol. The fraction of sp³-hybridized carbons (Fsp3) is 0.125. The number of rotatable bonds is 3. The molecule has 0 saturated carbocycles. The van der Waals surface area contributed by atoms with Crippen molar-refractivity contribution in [3.8, 4) is 11.3 Å². The maximum absolute atomic E-state index is 12.2. The van der Waals surface area contributed by atoms with Gasteiger partial charge in [-0.15, -0.1) is 0 Å². The topological polar surface area (TPSA) is 44.1 Å². The molecular weight excluding hydrogens is 288 g/mol. The van der Waals surface area contributed by atoms with Crippen LogP contribution in [0.3, 0.4) is 0 Å². The Bertz CT molecular complexity index is 844. The van der Waals surface area contributed by atoms with Crippen LogP contribution in [-0.4, -0.2) is 16.7 Å². The van der Waals surface area contributed by atoms with E-state index in [1.165, 1.54) is 4.57 Å². The van der Waals surface area contributed by atoms with E-state index in [-0.39, 0.29) is 12.4 Å². The second-order valence-corrected chi connectivity index (χ2v) is 5.05. The molecule has 0 N–H and O–H groups in total. The molecule has 1 aromatic heterocycles. The largest absolute Gasteiger partial charge is 0.364 e. The number of methoxy groups -OCH3 is 1. The van der Waals surface area contributed by atoms with Gasteiger partial charge in [0, 0.05) is 23.1 Å². The molecule has 106 valence electrons. The molecule has 21 heavy (non-hydrogen) atoms. The van der Waals surface area contributed by atoms with Crippen LogP contribution in [0, 0.1) is 0 Å². The van der Waals surface area contributed by atoms with Crippen LogP contribution in [-0.2, 0) is 11.5 Å². The Morgan fingerprint density at radius 1 is 1.19 bits per heavy atom. The van der Waals surface area contributed by atoms with E-state index in [0.717, 1.165) is 16.5 Å². The maximum Gasteiger partial charge on any atom is 0.350 e. The minimum absolute atomic E-state index is 0.152. The van der Waals surface area contributed by atoms with E-state index < -0.39 is 0 Å². The summed E-state index contributed by atoms with van der Waals surface area (Å²) in [5, 5.41) is 1.43. The molecule has 0 aliphatic rings. The van der Waals surface area contributed by atoms with Crippen LogP contribution in [0.25, 0.3) is 22.2 Å². The van der Waals surface area contributed by atoms with Gasteiger partial charge in [-0.1, -0.05) is 41.9 Å². The number of nitrogens with zero attached hydrogens (tertiary/aromatic N) is 2. The number of aromatic nitrogens is 2. The third kappa shape index (κ3) is 2.55. The zero-order chi connectivity index (χ0) is 14.8. The van der Waals surface area contributed by atoms with E-state index in [1.807, 2.05) is 42.5 Å². The summed E-state index contributed by atoms with van der Waals surface area (Å²) >= 11 is 6.10. The minimum Gasteiger partial charge on any atom is -0.364 e. The molecule has 1 heterocycles. The van der Waals surface area contributed by atoms with Crippen molar-refractivity contribution in [2.24, 2.45) is 0 Å². The number of hydrogen-bond donors (Lipinski definition) is 0. The number of ether oxygens (including phenoxy) is 1. The first kappa shape index (κ1) is 13.8. The zero-order valence-electron chi connectivity index (χ0n) is 11.4. The Hall–Kier alpha value is -2.17. The Morgan fingerprint density at radius 2 is 1.95 bits per heavy atom. The lowest BCUT2D eigenvalue weighted by Crippen LogP contribution is -2.24. The van der Waals surface area contributed by atoms with Gasteiger partial charge < -0.3 is 4.74 Å². The summed E-state index contributed by atoms with van der Waals surface area (Å²) in [4.78, 5) is 16.4. The van der Waals surface area contributed by atoms with Gasteiger partial charge in [0.2, 0.25) is 0 Å². The molecule has 3 aromatic rings. The molecule has 0 aliphatic carbocycles. The molecule has 5 heteroatoms. The quantitative estimate of drug-likeness (QED) is 0.745.